The fourth-order valence-electron chi connectivity index (χ4n) is 3.56. The van der Waals surface area contributed by atoms with Crippen LogP contribution in [0, 0.1) is 10.1 Å². The number of hydrogen-bond donors (Lipinski definition) is 0. The van der Waals surface area contributed by atoms with Crippen molar-refractivity contribution in [2.45, 2.75) is 26.2 Å². The first-order valence-corrected chi connectivity index (χ1v) is 11.5. The van der Waals surface area contributed by atoms with E-state index in [1.165, 1.54) is 0 Å². The predicted molar refractivity (Wildman–Crippen MR) is 134 cm³/mol. The minimum atomic E-state index is -0.328. The highest BCUT2D eigenvalue weighted by Crippen LogP contribution is 2.37. The number of nitrogens with zero attached hydrogens (tertiary/aromatic N) is 1. The van der Waals surface area contributed by atoms with E-state index in [0.29, 0.717) is 42.6 Å². The van der Waals surface area contributed by atoms with Gasteiger partial charge in [0.15, 0.2) is 11.5 Å². The molecule has 178 valence electrons. The van der Waals surface area contributed by atoms with Gasteiger partial charge in [-0.15, -0.1) is 0 Å². The molecule has 0 spiro atoms. The lowest BCUT2D eigenvalue weighted by Crippen LogP contribution is -2.08. The lowest BCUT2D eigenvalue weighted by molar-refractivity contribution is -0.479. The normalized spacial score (nSPS) is 10.5. The third-order valence-electron chi connectivity index (χ3n) is 5.40. The number of hydrogen-bond acceptors (Lipinski definition) is 5. The highest BCUT2D eigenvalue weighted by Gasteiger charge is 2.16. The van der Waals surface area contributed by atoms with E-state index in [2.05, 4.69) is 0 Å². The van der Waals surface area contributed by atoms with Crippen LogP contribution < -0.4 is 14.2 Å². The van der Waals surface area contributed by atoms with Crippen molar-refractivity contribution >= 4 is 0 Å². The fraction of sp³-hybridized carbons (Fsp3) is 0.172. The summed E-state index contributed by atoms with van der Waals surface area (Å²) < 4.78 is 18.4. The highest BCUT2D eigenvalue weighted by atomic mass is 16.6. The summed E-state index contributed by atoms with van der Waals surface area (Å²) in [6.45, 7) is 0.842. The minimum absolute atomic E-state index is 0.204. The fourth-order valence-corrected chi connectivity index (χ4v) is 3.56. The Kier molecular flexibility index (Phi) is 8.32. The Labute approximate surface area is 204 Å². The average Bonchev–Trinajstić information content (AvgIpc) is 2.90. The van der Waals surface area contributed by atoms with Crippen LogP contribution >= 0.6 is 0 Å². The summed E-state index contributed by atoms with van der Waals surface area (Å²) >= 11 is 0. The van der Waals surface area contributed by atoms with Gasteiger partial charge in [0.25, 0.3) is 0 Å². The van der Waals surface area contributed by atoms with Gasteiger partial charge in [-0.3, -0.25) is 10.1 Å². The van der Waals surface area contributed by atoms with Gasteiger partial charge in [0.1, 0.15) is 25.6 Å². The molecule has 0 saturated heterocycles. The topological polar surface area (TPSA) is 70.8 Å². The predicted octanol–water partition coefficient (Wildman–Crippen LogP) is 6.24. The minimum Gasteiger partial charge on any atom is -0.488 e. The van der Waals surface area contributed by atoms with Crippen molar-refractivity contribution in [3.05, 3.63) is 135 Å². The zero-order valence-corrected chi connectivity index (χ0v) is 19.3. The van der Waals surface area contributed by atoms with Crippen LogP contribution in [0.2, 0.25) is 0 Å². The molecule has 0 aliphatic rings. The van der Waals surface area contributed by atoms with E-state index in [-0.39, 0.29) is 17.9 Å². The molecule has 35 heavy (non-hydrogen) atoms. The average molecular weight is 470 g/mol. The van der Waals surface area contributed by atoms with Gasteiger partial charge in [0.2, 0.25) is 6.54 Å². The van der Waals surface area contributed by atoms with Crippen LogP contribution in [0.15, 0.2) is 103 Å². The van der Waals surface area contributed by atoms with E-state index in [4.69, 9.17) is 14.2 Å². The molecule has 4 aromatic rings. The lowest BCUT2D eigenvalue weighted by atomic mass is 10.1. The Bertz CT molecular complexity index is 1210. The second kappa shape index (κ2) is 12.2. The molecule has 0 saturated carbocycles. The van der Waals surface area contributed by atoms with E-state index in [1.54, 1.807) is 12.1 Å². The smallest absolute Gasteiger partial charge is 0.208 e. The summed E-state index contributed by atoms with van der Waals surface area (Å²) in [6, 6.07) is 33.0. The lowest BCUT2D eigenvalue weighted by Gasteiger charge is -2.18. The summed E-state index contributed by atoms with van der Waals surface area (Å²) in [7, 11) is 0. The molecular weight excluding hydrogens is 442 g/mol. The molecule has 0 aliphatic heterocycles. The Morgan fingerprint density at radius 3 is 1.40 bits per heavy atom. The van der Waals surface area contributed by atoms with Crippen LogP contribution in [-0.2, 0) is 26.2 Å². The molecule has 0 aromatic heterocycles. The SMILES string of the molecule is O=[N+]([O-])CCc1cc(OCc2ccccc2)c(OCc2ccccc2)cc1OCc1ccccc1. The number of rotatable bonds is 12. The van der Waals surface area contributed by atoms with Crippen molar-refractivity contribution in [3.63, 3.8) is 0 Å². The molecule has 0 atom stereocenters. The summed E-state index contributed by atoms with van der Waals surface area (Å²) in [6.07, 6.45) is 0.220. The molecule has 6 nitrogen and oxygen atoms in total. The van der Waals surface area contributed by atoms with Crippen molar-refractivity contribution < 1.29 is 19.1 Å². The number of ether oxygens (including phenoxy) is 3. The summed E-state index contributed by atoms with van der Waals surface area (Å²) in [4.78, 5) is 10.8. The Balaban J connectivity index is 1.62. The maximum absolute atomic E-state index is 11.1. The Morgan fingerprint density at radius 1 is 0.571 bits per heavy atom. The zero-order chi connectivity index (χ0) is 24.3. The zero-order valence-electron chi connectivity index (χ0n) is 19.3. The van der Waals surface area contributed by atoms with Gasteiger partial charge in [0.05, 0.1) is 0 Å². The van der Waals surface area contributed by atoms with E-state index in [0.717, 1.165) is 16.7 Å². The number of benzene rings is 4. The van der Waals surface area contributed by atoms with Gasteiger partial charge in [0, 0.05) is 23.0 Å². The van der Waals surface area contributed by atoms with Crippen molar-refractivity contribution in [1.29, 1.82) is 0 Å². The summed E-state index contributed by atoms with van der Waals surface area (Å²) in [5.41, 5.74) is 3.74. The maximum Gasteiger partial charge on any atom is 0.208 e. The van der Waals surface area contributed by atoms with Crippen LogP contribution in [0.1, 0.15) is 22.3 Å². The van der Waals surface area contributed by atoms with Crippen LogP contribution in [0.4, 0.5) is 0 Å². The van der Waals surface area contributed by atoms with Gasteiger partial charge in [-0.1, -0.05) is 91.0 Å². The van der Waals surface area contributed by atoms with Crippen LogP contribution in [0.25, 0.3) is 0 Å². The third kappa shape index (κ3) is 7.33. The first-order valence-electron chi connectivity index (χ1n) is 11.5. The first-order chi connectivity index (χ1) is 17.2. The molecular formula is C29H27NO5. The van der Waals surface area contributed by atoms with Gasteiger partial charge in [-0.25, -0.2) is 0 Å². The number of nitro groups is 1. The standard InChI is InChI=1S/C29H27NO5/c31-30(32)17-16-26-18-28(34-21-24-12-6-2-7-13-24)29(35-22-25-14-8-3-9-15-25)19-27(26)33-20-23-10-4-1-5-11-23/h1-15,18-19H,16-17,20-22H2. The van der Waals surface area contributed by atoms with Crippen molar-refractivity contribution in [2.24, 2.45) is 0 Å². The third-order valence-corrected chi connectivity index (χ3v) is 5.40. The first kappa shape index (κ1) is 23.8. The molecule has 0 amide bonds. The van der Waals surface area contributed by atoms with Crippen LogP contribution in [0.3, 0.4) is 0 Å². The Morgan fingerprint density at radius 2 is 0.971 bits per heavy atom. The molecule has 0 bridgehead atoms. The van der Waals surface area contributed by atoms with Crippen molar-refractivity contribution in [2.75, 3.05) is 6.54 Å². The van der Waals surface area contributed by atoms with Gasteiger partial charge in [-0.2, -0.15) is 0 Å². The van der Waals surface area contributed by atoms with Gasteiger partial charge in [-0.05, 0) is 22.8 Å². The molecule has 0 aliphatic carbocycles. The summed E-state index contributed by atoms with van der Waals surface area (Å²) in [5.74, 6) is 1.60. The second-order valence-electron chi connectivity index (χ2n) is 8.04. The van der Waals surface area contributed by atoms with E-state index in [1.807, 2.05) is 91.0 Å². The second-order valence-corrected chi connectivity index (χ2v) is 8.04. The quantitative estimate of drug-likeness (QED) is 0.181. The van der Waals surface area contributed by atoms with E-state index >= 15 is 0 Å². The van der Waals surface area contributed by atoms with Crippen molar-refractivity contribution in [1.82, 2.24) is 0 Å². The molecule has 0 unspecified atom stereocenters. The Hall–Kier alpha value is -4.32. The summed E-state index contributed by atoms with van der Waals surface area (Å²) in [5, 5.41) is 11.1. The highest BCUT2D eigenvalue weighted by molar-refractivity contribution is 5.51. The van der Waals surface area contributed by atoms with E-state index < -0.39 is 0 Å². The monoisotopic (exact) mass is 469 g/mol. The molecule has 4 rings (SSSR count). The van der Waals surface area contributed by atoms with Crippen LogP contribution in [-0.4, -0.2) is 11.5 Å². The van der Waals surface area contributed by atoms with Crippen molar-refractivity contribution in [3.8, 4) is 17.2 Å². The molecule has 6 heteroatoms. The maximum atomic E-state index is 11.1. The van der Waals surface area contributed by atoms with Gasteiger partial charge >= 0.3 is 0 Å². The largest absolute Gasteiger partial charge is 0.488 e. The molecule has 4 aromatic carbocycles. The van der Waals surface area contributed by atoms with Crippen LogP contribution in [0.5, 0.6) is 17.2 Å². The van der Waals surface area contributed by atoms with E-state index in [9.17, 15) is 10.1 Å². The molecule has 0 N–H and O–H groups in total. The molecule has 0 heterocycles. The molecule has 0 fully saturated rings. The van der Waals surface area contributed by atoms with Gasteiger partial charge < -0.3 is 14.2 Å². The molecule has 0 radical (unpaired) electrons.